The second-order valence-electron chi connectivity index (χ2n) is 3.84. The van der Waals surface area contributed by atoms with Crippen LogP contribution >= 0.6 is 32.9 Å². The fourth-order valence-corrected chi connectivity index (χ4v) is 2.78. The van der Waals surface area contributed by atoms with Crippen LogP contribution in [0.4, 0.5) is 0 Å². The molecule has 0 aromatic heterocycles. The second-order valence-corrected chi connectivity index (χ2v) is 4.40. The van der Waals surface area contributed by atoms with Crippen LogP contribution in [0.2, 0.25) is 0 Å². The van der Waals surface area contributed by atoms with Crippen molar-refractivity contribution in [1.29, 1.82) is 0 Å². The highest BCUT2D eigenvalue weighted by Crippen LogP contribution is 2.31. The molecule has 2 nitrogen and oxygen atoms in total. The quantitative estimate of drug-likeness (QED) is 0.727. The van der Waals surface area contributed by atoms with Gasteiger partial charge in [0.2, 0.25) is 0 Å². The van der Waals surface area contributed by atoms with E-state index < -0.39 is 0 Å². The number of piperidine rings is 1. The molecule has 3 unspecified atom stereocenters. The van der Waals surface area contributed by atoms with E-state index in [1.54, 1.807) is 0 Å². The SMILES string of the molecule is Br.O=C(CBr)C1CCC2CCN1C2. The minimum atomic E-state index is 0. The van der Waals surface area contributed by atoms with Crippen molar-refractivity contribution >= 4 is 38.7 Å². The Kier molecular flexibility index (Phi) is 4.39. The first-order chi connectivity index (χ1) is 5.81. The average molecular weight is 313 g/mol. The van der Waals surface area contributed by atoms with Crippen molar-refractivity contribution in [3.63, 3.8) is 0 Å². The molecule has 0 spiro atoms. The Hall–Kier alpha value is 0.590. The van der Waals surface area contributed by atoms with Gasteiger partial charge in [0.15, 0.2) is 5.78 Å². The fraction of sp³-hybridized carbons (Fsp3) is 0.889. The molecule has 0 radical (unpaired) electrons. The lowest BCUT2D eigenvalue weighted by molar-refractivity contribution is -0.122. The lowest BCUT2D eigenvalue weighted by atomic mass is 9.94. The van der Waals surface area contributed by atoms with Gasteiger partial charge in [0.05, 0.1) is 11.4 Å². The summed E-state index contributed by atoms with van der Waals surface area (Å²) in [6.45, 7) is 2.32. The molecule has 2 aliphatic rings. The van der Waals surface area contributed by atoms with Crippen molar-refractivity contribution in [2.24, 2.45) is 5.92 Å². The smallest absolute Gasteiger partial charge is 0.160 e. The van der Waals surface area contributed by atoms with E-state index in [1.807, 2.05) is 0 Å². The zero-order valence-electron chi connectivity index (χ0n) is 7.54. The number of ketones is 1. The number of rotatable bonds is 2. The van der Waals surface area contributed by atoms with Crippen molar-refractivity contribution in [2.45, 2.75) is 25.3 Å². The Balaban J connectivity index is 0.000000845. The van der Waals surface area contributed by atoms with Crippen LogP contribution in [-0.2, 0) is 4.79 Å². The Morgan fingerprint density at radius 1 is 1.38 bits per heavy atom. The number of halogens is 2. The Labute approximate surface area is 97.9 Å². The molecule has 0 amide bonds. The first-order valence-corrected chi connectivity index (χ1v) is 5.76. The van der Waals surface area contributed by atoms with Gasteiger partial charge in [0.25, 0.3) is 0 Å². The normalized spacial score (nSPS) is 36.8. The number of hydrogen-bond acceptors (Lipinski definition) is 2. The van der Waals surface area contributed by atoms with Gasteiger partial charge < -0.3 is 0 Å². The summed E-state index contributed by atoms with van der Waals surface area (Å²) < 4.78 is 0. The van der Waals surface area contributed by atoms with Crippen LogP contribution in [0.3, 0.4) is 0 Å². The molecule has 2 bridgehead atoms. The van der Waals surface area contributed by atoms with Gasteiger partial charge in [-0.15, -0.1) is 17.0 Å². The molecule has 13 heavy (non-hydrogen) atoms. The van der Waals surface area contributed by atoms with Crippen LogP contribution in [0.5, 0.6) is 0 Å². The lowest BCUT2D eigenvalue weighted by Gasteiger charge is -2.30. The maximum Gasteiger partial charge on any atom is 0.160 e. The highest BCUT2D eigenvalue weighted by molar-refractivity contribution is 9.09. The molecule has 76 valence electrons. The van der Waals surface area contributed by atoms with Crippen LogP contribution in [0.25, 0.3) is 0 Å². The van der Waals surface area contributed by atoms with E-state index in [0.29, 0.717) is 11.1 Å². The number of alkyl halides is 1. The van der Waals surface area contributed by atoms with E-state index in [0.717, 1.165) is 18.9 Å². The summed E-state index contributed by atoms with van der Waals surface area (Å²) in [7, 11) is 0. The molecule has 0 saturated carbocycles. The Morgan fingerprint density at radius 2 is 2.15 bits per heavy atom. The monoisotopic (exact) mass is 311 g/mol. The third kappa shape index (κ3) is 2.34. The van der Waals surface area contributed by atoms with Crippen LogP contribution in [-0.4, -0.2) is 35.1 Å². The van der Waals surface area contributed by atoms with Gasteiger partial charge in [-0.1, -0.05) is 15.9 Å². The topological polar surface area (TPSA) is 20.3 Å². The molecule has 0 N–H and O–H groups in total. The predicted molar refractivity (Wildman–Crippen MR) is 61.8 cm³/mol. The van der Waals surface area contributed by atoms with Crippen LogP contribution < -0.4 is 0 Å². The summed E-state index contributed by atoms with van der Waals surface area (Å²) in [6, 6.07) is 0.239. The van der Waals surface area contributed by atoms with Crippen molar-refractivity contribution in [3.05, 3.63) is 0 Å². The molecule has 3 atom stereocenters. The van der Waals surface area contributed by atoms with Crippen LogP contribution in [0.15, 0.2) is 0 Å². The van der Waals surface area contributed by atoms with Gasteiger partial charge in [0.1, 0.15) is 0 Å². The fourth-order valence-electron chi connectivity index (χ4n) is 2.41. The molecule has 2 rings (SSSR count). The first kappa shape index (κ1) is 11.7. The van der Waals surface area contributed by atoms with E-state index in [9.17, 15) is 4.79 Å². The molecule has 4 heteroatoms. The van der Waals surface area contributed by atoms with Crippen molar-refractivity contribution in [1.82, 2.24) is 4.90 Å². The van der Waals surface area contributed by atoms with Gasteiger partial charge in [-0.25, -0.2) is 0 Å². The van der Waals surface area contributed by atoms with Gasteiger partial charge in [-0.05, 0) is 31.7 Å². The third-order valence-electron chi connectivity index (χ3n) is 3.11. The van der Waals surface area contributed by atoms with E-state index in [4.69, 9.17) is 0 Å². The second kappa shape index (κ2) is 4.89. The summed E-state index contributed by atoms with van der Waals surface area (Å²) >= 11 is 3.24. The maximum atomic E-state index is 11.5. The van der Waals surface area contributed by atoms with Crippen LogP contribution in [0, 0.1) is 5.92 Å². The number of fused-ring (bicyclic) bond motifs is 2. The molecule has 2 aliphatic heterocycles. The predicted octanol–water partition coefficient (Wildman–Crippen LogP) is 2.01. The average Bonchev–Trinajstić information content (AvgIpc) is 2.47. The molecule has 0 aromatic carbocycles. The molecular weight excluding hydrogens is 298 g/mol. The summed E-state index contributed by atoms with van der Waals surface area (Å²) in [6.07, 6.45) is 3.67. The summed E-state index contributed by atoms with van der Waals surface area (Å²) in [5, 5.41) is 0.527. The van der Waals surface area contributed by atoms with Gasteiger partial charge in [-0.2, -0.15) is 0 Å². The standard InChI is InChI=1S/C9H14BrNO.BrH/c10-5-9(12)8-2-1-7-3-4-11(8)6-7;/h7-8H,1-6H2;1H. The summed E-state index contributed by atoms with van der Waals surface area (Å²) in [5.41, 5.74) is 0. The molecule has 2 heterocycles. The van der Waals surface area contributed by atoms with E-state index in [1.165, 1.54) is 19.4 Å². The number of Topliss-reactive ketones (excluding diaryl/α,β-unsaturated/α-hetero) is 1. The van der Waals surface area contributed by atoms with E-state index in [2.05, 4.69) is 20.8 Å². The van der Waals surface area contributed by atoms with Crippen LogP contribution in [0.1, 0.15) is 19.3 Å². The Morgan fingerprint density at radius 3 is 2.85 bits per heavy atom. The maximum absolute atomic E-state index is 11.5. The third-order valence-corrected chi connectivity index (χ3v) is 3.66. The highest BCUT2D eigenvalue weighted by Gasteiger charge is 2.36. The molecule has 0 aliphatic carbocycles. The number of carbonyl (C=O) groups is 1. The largest absolute Gasteiger partial charge is 0.297 e. The Bertz CT molecular complexity index is 198. The first-order valence-electron chi connectivity index (χ1n) is 4.64. The summed E-state index contributed by atoms with van der Waals surface area (Å²) in [4.78, 5) is 13.8. The molecule has 0 aromatic rings. The number of nitrogens with zero attached hydrogens (tertiary/aromatic N) is 1. The van der Waals surface area contributed by atoms with Gasteiger partial charge in [-0.3, -0.25) is 9.69 Å². The van der Waals surface area contributed by atoms with Crippen molar-refractivity contribution < 1.29 is 4.79 Å². The molecular formula is C9H15Br2NO. The number of carbonyl (C=O) groups excluding carboxylic acids is 1. The molecule has 2 fully saturated rings. The minimum Gasteiger partial charge on any atom is -0.297 e. The van der Waals surface area contributed by atoms with Crippen molar-refractivity contribution in [3.8, 4) is 0 Å². The van der Waals surface area contributed by atoms with Gasteiger partial charge in [0, 0.05) is 6.54 Å². The van der Waals surface area contributed by atoms with Crippen molar-refractivity contribution in [2.75, 3.05) is 18.4 Å². The van der Waals surface area contributed by atoms with E-state index >= 15 is 0 Å². The number of hydrogen-bond donors (Lipinski definition) is 0. The van der Waals surface area contributed by atoms with E-state index in [-0.39, 0.29) is 23.0 Å². The highest BCUT2D eigenvalue weighted by atomic mass is 79.9. The van der Waals surface area contributed by atoms with Gasteiger partial charge >= 0.3 is 0 Å². The lowest BCUT2D eigenvalue weighted by Crippen LogP contribution is -2.43. The minimum absolute atomic E-state index is 0. The zero-order chi connectivity index (χ0) is 8.55. The zero-order valence-corrected chi connectivity index (χ0v) is 10.8. The molecule has 2 saturated heterocycles. The summed E-state index contributed by atoms with van der Waals surface area (Å²) in [5.74, 6) is 1.26.